The number of Topliss-reactive ketones (excluding diaryl/α,β-unsaturated/α-hetero) is 1. The maximum Gasteiger partial charge on any atom is 0.407 e. The van der Waals surface area contributed by atoms with Crippen molar-refractivity contribution in [3.8, 4) is 0 Å². The molecule has 0 radical (unpaired) electrons. The molecule has 98 valence electrons. The molecule has 2 unspecified atom stereocenters. The van der Waals surface area contributed by atoms with Crippen molar-refractivity contribution >= 4 is 27.8 Å². The minimum absolute atomic E-state index is 0.0677. The van der Waals surface area contributed by atoms with Gasteiger partial charge >= 0.3 is 6.09 Å². The first-order valence-electron chi connectivity index (χ1n) is 5.91. The highest BCUT2D eigenvalue weighted by Gasteiger charge is 2.34. The highest BCUT2D eigenvalue weighted by Crippen LogP contribution is 2.27. The molecule has 1 aliphatic carbocycles. The van der Waals surface area contributed by atoms with Crippen LogP contribution in [0.3, 0.4) is 0 Å². The van der Waals surface area contributed by atoms with E-state index in [2.05, 4.69) is 21.2 Å². The third kappa shape index (κ3) is 4.66. The van der Waals surface area contributed by atoms with Crippen LogP contribution in [0.5, 0.6) is 0 Å². The fourth-order valence-corrected chi connectivity index (χ4v) is 2.49. The predicted octanol–water partition coefficient (Wildman–Crippen LogP) is 2.64. The summed E-state index contributed by atoms with van der Waals surface area (Å²) in [5.74, 6) is 0.0884. The van der Waals surface area contributed by atoms with Crippen LogP contribution in [0, 0.1) is 5.92 Å². The largest absolute Gasteiger partial charge is 0.444 e. The van der Waals surface area contributed by atoms with Crippen LogP contribution in [0.1, 0.15) is 40.0 Å². The molecule has 0 heterocycles. The topological polar surface area (TPSA) is 55.4 Å². The van der Waals surface area contributed by atoms with Gasteiger partial charge in [0, 0.05) is 12.0 Å². The molecule has 0 aliphatic heterocycles. The van der Waals surface area contributed by atoms with Gasteiger partial charge in [-0.15, -0.1) is 0 Å². The van der Waals surface area contributed by atoms with E-state index in [0.717, 1.165) is 19.3 Å². The smallest absolute Gasteiger partial charge is 0.407 e. The molecule has 0 saturated heterocycles. The Bertz CT molecular complexity index is 299. The van der Waals surface area contributed by atoms with Crippen LogP contribution in [0.4, 0.5) is 4.79 Å². The van der Waals surface area contributed by atoms with Gasteiger partial charge in [0.1, 0.15) is 11.4 Å². The van der Waals surface area contributed by atoms with Crippen LogP contribution >= 0.6 is 15.9 Å². The van der Waals surface area contributed by atoms with Gasteiger partial charge in [0.2, 0.25) is 0 Å². The zero-order valence-electron chi connectivity index (χ0n) is 10.6. The SMILES string of the molecule is CC(C)(C)OC(=O)NC1CCCC1C(=O)CBr. The van der Waals surface area contributed by atoms with Crippen LogP contribution in [0.25, 0.3) is 0 Å². The molecule has 0 aromatic rings. The first-order chi connectivity index (χ1) is 7.83. The number of hydrogen-bond acceptors (Lipinski definition) is 3. The Morgan fingerprint density at radius 2 is 2.00 bits per heavy atom. The average molecular weight is 306 g/mol. The number of ether oxygens (including phenoxy) is 1. The lowest BCUT2D eigenvalue weighted by Gasteiger charge is -2.24. The molecule has 4 nitrogen and oxygen atoms in total. The summed E-state index contributed by atoms with van der Waals surface area (Å²) in [6.45, 7) is 5.47. The standard InChI is InChI=1S/C12H20BrNO3/c1-12(2,3)17-11(16)14-9-6-4-5-8(9)10(15)7-13/h8-9H,4-7H2,1-3H3,(H,14,16). The summed E-state index contributed by atoms with van der Waals surface area (Å²) in [7, 11) is 0. The van der Waals surface area contributed by atoms with Crippen molar-refractivity contribution in [3.63, 3.8) is 0 Å². The van der Waals surface area contributed by atoms with Crippen LogP contribution in [-0.2, 0) is 9.53 Å². The van der Waals surface area contributed by atoms with Crippen molar-refractivity contribution in [1.82, 2.24) is 5.32 Å². The third-order valence-electron chi connectivity index (χ3n) is 2.76. The van der Waals surface area contributed by atoms with Crippen molar-refractivity contribution in [2.75, 3.05) is 5.33 Å². The molecule has 1 rings (SSSR count). The lowest BCUT2D eigenvalue weighted by atomic mass is 10.00. The molecule has 0 aromatic carbocycles. The summed E-state index contributed by atoms with van der Waals surface area (Å²) in [6.07, 6.45) is 2.24. The van der Waals surface area contributed by atoms with Gasteiger partial charge in [0.15, 0.2) is 0 Å². The Balaban J connectivity index is 2.50. The van der Waals surface area contributed by atoms with Crippen molar-refractivity contribution in [3.05, 3.63) is 0 Å². The summed E-state index contributed by atoms with van der Waals surface area (Å²) in [5, 5.41) is 3.15. The van der Waals surface area contributed by atoms with Gasteiger partial charge in [0.05, 0.1) is 5.33 Å². The Kier molecular flexibility index (Phi) is 4.98. The van der Waals surface area contributed by atoms with Crippen molar-refractivity contribution in [2.45, 2.75) is 51.7 Å². The molecule has 1 aliphatic rings. The fraction of sp³-hybridized carbons (Fsp3) is 0.833. The summed E-state index contributed by atoms with van der Waals surface area (Å²) in [4.78, 5) is 23.3. The lowest BCUT2D eigenvalue weighted by molar-refractivity contribution is -0.120. The van der Waals surface area contributed by atoms with Crippen LogP contribution < -0.4 is 5.32 Å². The minimum Gasteiger partial charge on any atom is -0.444 e. The Morgan fingerprint density at radius 3 is 2.53 bits per heavy atom. The molecule has 1 saturated carbocycles. The van der Waals surface area contributed by atoms with Crippen LogP contribution in [-0.4, -0.2) is 28.8 Å². The maximum atomic E-state index is 11.7. The summed E-state index contributed by atoms with van der Waals surface area (Å²) in [5.41, 5.74) is -0.502. The first-order valence-corrected chi connectivity index (χ1v) is 7.04. The van der Waals surface area contributed by atoms with Gasteiger partial charge in [-0.05, 0) is 33.6 Å². The van der Waals surface area contributed by atoms with Crippen molar-refractivity contribution in [2.24, 2.45) is 5.92 Å². The quantitative estimate of drug-likeness (QED) is 0.816. The number of rotatable bonds is 3. The average Bonchev–Trinajstić information content (AvgIpc) is 2.61. The normalized spacial score (nSPS) is 24.5. The van der Waals surface area contributed by atoms with E-state index in [0.29, 0.717) is 5.33 Å². The van der Waals surface area contributed by atoms with E-state index in [1.54, 1.807) is 0 Å². The fourth-order valence-electron chi connectivity index (χ4n) is 2.08. The molecule has 0 aromatic heterocycles. The van der Waals surface area contributed by atoms with Crippen LogP contribution in [0.15, 0.2) is 0 Å². The number of nitrogens with one attached hydrogen (secondary N) is 1. The Morgan fingerprint density at radius 1 is 1.35 bits per heavy atom. The third-order valence-corrected chi connectivity index (χ3v) is 3.32. The van der Waals surface area contributed by atoms with Gasteiger partial charge in [-0.2, -0.15) is 0 Å². The molecule has 0 spiro atoms. The minimum atomic E-state index is -0.502. The van der Waals surface area contributed by atoms with Gasteiger partial charge < -0.3 is 10.1 Å². The number of alkyl carbamates (subject to hydrolysis) is 1. The number of ketones is 1. The van der Waals surface area contributed by atoms with E-state index in [4.69, 9.17) is 4.74 Å². The number of carbonyl (C=O) groups excluding carboxylic acids is 2. The summed E-state index contributed by atoms with van der Waals surface area (Å²) >= 11 is 3.17. The van der Waals surface area contributed by atoms with E-state index in [1.165, 1.54) is 0 Å². The second-order valence-corrected chi connectivity index (χ2v) is 5.95. The molecule has 1 N–H and O–H groups in total. The van der Waals surface area contributed by atoms with E-state index in [-0.39, 0.29) is 17.7 Å². The highest BCUT2D eigenvalue weighted by molar-refractivity contribution is 9.09. The molecular weight excluding hydrogens is 286 g/mol. The number of halogens is 1. The summed E-state index contributed by atoms with van der Waals surface area (Å²) in [6, 6.07) is -0.0742. The van der Waals surface area contributed by atoms with E-state index in [9.17, 15) is 9.59 Å². The second-order valence-electron chi connectivity index (χ2n) is 5.39. The van der Waals surface area contributed by atoms with Gasteiger partial charge in [-0.3, -0.25) is 4.79 Å². The van der Waals surface area contributed by atoms with E-state index >= 15 is 0 Å². The molecule has 2 atom stereocenters. The maximum absolute atomic E-state index is 11.7. The van der Waals surface area contributed by atoms with E-state index in [1.807, 2.05) is 20.8 Å². The number of carbonyl (C=O) groups is 2. The Hall–Kier alpha value is -0.580. The van der Waals surface area contributed by atoms with Gasteiger partial charge in [-0.25, -0.2) is 4.79 Å². The first kappa shape index (κ1) is 14.5. The van der Waals surface area contributed by atoms with Crippen LogP contribution in [0.2, 0.25) is 0 Å². The van der Waals surface area contributed by atoms with Crippen molar-refractivity contribution < 1.29 is 14.3 Å². The molecule has 0 bridgehead atoms. The number of amides is 1. The zero-order valence-corrected chi connectivity index (χ0v) is 12.2. The molecule has 1 amide bonds. The predicted molar refractivity (Wildman–Crippen MR) is 69.3 cm³/mol. The molecule has 5 heteroatoms. The Labute approximate surface area is 111 Å². The zero-order chi connectivity index (χ0) is 13.1. The highest BCUT2D eigenvalue weighted by atomic mass is 79.9. The summed E-state index contributed by atoms with van der Waals surface area (Å²) < 4.78 is 5.19. The van der Waals surface area contributed by atoms with Gasteiger partial charge in [0.25, 0.3) is 0 Å². The number of hydrogen-bond donors (Lipinski definition) is 1. The lowest BCUT2D eigenvalue weighted by Crippen LogP contribution is -2.43. The van der Waals surface area contributed by atoms with Crippen molar-refractivity contribution in [1.29, 1.82) is 0 Å². The monoisotopic (exact) mass is 305 g/mol. The molecule has 1 fully saturated rings. The molecule has 17 heavy (non-hydrogen) atoms. The van der Waals surface area contributed by atoms with E-state index < -0.39 is 11.7 Å². The number of alkyl halides is 1. The van der Waals surface area contributed by atoms with Gasteiger partial charge in [-0.1, -0.05) is 22.4 Å². The molecular formula is C12H20BrNO3. The second kappa shape index (κ2) is 5.85.